The molecular formula is C17H21N3O3S. The van der Waals surface area contributed by atoms with Gasteiger partial charge in [0.15, 0.2) is 5.82 Å². The molecule has 3 rings (SSSR count). The Bertz CT molecular complexity index is 799. The van der Waals surface area contributed by atoms with Crippen LogP contribution in [0.5, 0.6) is 0 Å². The van der Waals surface area contributed by atoms with E-state index in [2.05, 4.69) is 10.1 Å². The normalized spacial score (nSPS) is 19.8. The van der Waals surface area contributed by atoms with Crippen LogP contribution in [0.4, 0.5) is 0 Å². The van der Waals surface area contributed by atoms with Crippen molar-refractivity contribution in [3.05, 3.63) is 53.0 Å². The predicted molar refractivity (Wildman–Crippen MR) is 91.6 cm³/mol. The van der Waals surface area contributed by atoms with Crippen molar-refractivity contribution < 1.29 is 12.9 Å². The van der Waals surface area contributed by atoms with Crippen LogP contribution in [-0.2, 0) is 16.4 Å². The van der Waals surface area contributed by atoms with Crippen LogP contribution >= 0.6 is 0 Å². The highest BCUT2D eigenvalue weighted by Gasteiger charge is 2.30. The first kappa shape index (κ1) is 16.9. The fourth-order valence-electron chi connectivity index (χ4n) is 2.78. The highest BCUT2D eigenvalue weighted by Crippen LogP contribution is 2.27. The van der Waals surface area contributed by atoms with Gasteiger partial charge >= 0.3 is 0 Å². The van der Waals surface area contributed by atoms with Gasteiger partial charge in [-0.3, -0.25) is 0 Å². The van der Waals surface area contributed by atoms with Gasteiger partial charge in [0.2, 0.25) is 15.9 Å². The molecular weight excluding hydrogens is 326 g/mol. The number of hydrogen-bond donors (Lipinski definition) is 0. The van der Waals surface area contributed by atoms with E-state index < -0.39 is 10.0 Å². The minimum Gasteiger partial charge on any atom is -0.339 e. The number of sulfonamides is 1. The molecule has 2 heterocycles. The first-order chi connectivity index (χ1) is 11.6. The number of rotatable bonds is 5. The van der Waals surface area contributed by atoms with Gasteiger partial charge in [-0.1, -0.05) is 42.4 Å². The second-order valence-corrected chi connectivity index (χ2v) is 7.67. The molecule has 0 radical (unpaired) electrons. The molecule has 7 heteroatoms. The van der Waals surface area contributed by atoms with Crippen LogP contribution in [0.25, 0.3) is 6.08 Å². The van der Waals surface area contributed by atoms with E-state index >= 15 is 0 Å². The maximum Gasteiger partial charge on any atom is 0.236 e. The summed E-state index contributed by atoms with van der Waals surface area (Å²) in [6, 6.07) is 9.40. The molecule has 1 aromatic carbocycles. The minimum absolute atomic E-state index is 0.0114. The Morgan fingerprint density at radius 3 is 2.83 bits per heavy atom. The summed E-state index contributed by atoms with van der Waals surface area (Å²) in [5.74, 6) is 1.19. The van der Waals surface area contributed by atoms with Gasteiger partial charge in [0.05, 0.1) is 0 Å². The van der Waals surface area contributed by atoms with Crippen molar-refractivity contribution >= 4 is 16.1 Å². The van der Waals surface area contributed by atoms with Crippen LogP contribution in [0.2, 0.25) is 0 Å². The van der Waals surface area contributed by atoms with Crippen LogP contribution in [0.3, 0.4) is 0 Å². The Balaban J connectivity index is 1.72. The summed E-state index contributed by atoms with van der Waals surface area (Å²) in [4.78, 5) is 4.35. The average molecular weight is 347 g/mol. The topological polar surface area (TPSA) is 76.3 Å². The van der Waals surface area contributed by atoms with E-state index in [0.29, 0.717) is 31.2 Å². The summed E-state index contributed by atoms with van der Waals surface area (Å²) in [7, 11) is -3.45. The van der Waals surface area contributed by atoms with E-state index in [1.807, 2.05) is 37.3 Å². The van der Waals surface area contributed by atoms with Crippen molar-refractivity contribution in [3.8, 4) is 0 Å². The molecule has 0 bridgehead atoms. The number of benzene rings is 1. The summed E-state index contributed by atoms with van der Waals surface area (Å²) in [5, 5.41) is 5.27. The number of hydrogen-bond acceptors (Lipinski definition) is 5. The molecule has 1 unspecified atom stereocenters. The fraction of sp³-hybridized carbons (Fsp3) is 0.412. The van der Waals surface area contributed by atoms with E-state index in [9.17, 15) is 8.42 Å². The van der Waals surface area contributed by atoms with Crippen molar-refractivity contribution in [3.63, 3.8) is 0 Å². The third-order valence-electron chi connectivity index (χ3n) is 4.13. The molecule has 128 valence electrons. The SMILES string of the molecule is CCc1nc(C2CCCN(S(=O)(=O)C=Cc3ccccc3)C2)no1. The smallest absolute Gasteiger partial charge is 0.236 e. The molecule has 2 aromatic rings. The highest BCUT2D eigenvalue weighted by atomic mass is 32.2. The summed E-state index contributed by atoms with van der Waals surface area (Å²) >= 11 is 0. The molecule has 1 aliphatic rings. The molecule has 0 aliphatic carbocycles. The van der Waals surface area contributed by atoms with Crippen molar-refractivity contribution in [2.24, 2.45) is 0 Å². The molecule has 0 saturated carbocycles. The van der Waals surface area contributed by atoms with E-state index in [0.717, 1.165) is 18.4 Å². The highest BCUT2D eigenvalue weighted by molar-refractivity contribution is 7.92. The molecule has 1 aliphatic heterocycles. The minimum atomic E-state index is -3.45. The molecule has 1 atom stereocenters. The molecule has 0 spiro atoms. The molecule has 0 amide bonds. The molecule has 0 N–H and O–H groups in total. The van der Waals surface area contributed by atoms with Gasteiger partial charge in [-0.25, -0.2) is 8.42 Å². The second kappa shape index (κ2) is 7.27. The zero-order valence-electron chi connectivity index (χ0n) is 13.6. The summed E-state index contributed by atoms with van der Waals surface area (Å²) in [6.45, 7) is 2.86. The standard InChI is InChI=1S/C17H21N3O3S/c1-2-16-18-17(19-23-16)15-9-6-11-20(13-15)24(21,22)12-10-14-7-4-3-5-8-14/h3-5,7-8,10,12,15H,2,6,9,11,13H2,1H3. The lowest BCUT2D eigenvalue weighted by Gasteiger charge is -2.29. The van der Waals surface area contributed by atoms with Gasteiger partial charge in [0.1, 0.15) is 0 Å². The van der Waals surface area contributed by atoms with Crippen LogP contribution in [0.1, 0.15) is 43.0 Å². The van der Waals surface area contributed by atoms with Crippen LogP contribution in [0.15, 0.2) is 40.3 Å². The Kier molecular flexibility index (Phi) is 5.11. The van der Waals surface area contributed by atoms with Gasteiger partial charge < -0.3 is 4.52 Å². The van der Waals surface area contributed by atoms with Gasteiger partial charge in [-0.15, -0.1) is 0 Å². The third kappa shape index (κ3) is 3.91. The van der Waals surface area contributed by atoms with Crippen LogP contribution in [0, 0.1) is 0 Å². The predicted octanol–water partition coefficient (Wildman–Crippen LogP) is 2.81. The molecule has 24 heavy (non-hydrogen) atoms. The quantitative estimate of drug-likeness (QED) is 0.831. The zero-order valence-corrected chi connectivity index (χ0v) is 14.4. The van der Waals surface area contributed by atoms with Crippen molar-refractivity contribution in [2.45, 2.75) is 32.1 Å². The first-order valence-electron chi connectivity index (χ1n) is 8.14. The number of aromatic nitrogens is 2. The molecule has 6 nitrogen and oxygen atoms in total. The van der Waals surface area contributed by atoms with Crippen LogP contribution in [-0.4, -0.2) is 36.0 Å². The third-order valence-corrected chi connectivity index (χ3v) is 5.66. The Morgan fingerprint density at radius 1 is 1.33 bits per heavy atom. The van der Waals surface area contributed by atoms with Gasteiger partial charge in [0, 0.05) is 30.8 Å². The Morgan fingerprint density at radius 2 is 2.12 bits per heavy atom. The molecule has 1 aromatic heterocycles. The lowest BCUT2D eigenvalue weighted by Crippen LogP contribution is -2.38. The maximum atomic E-state index is 12.6. The lowest BCUT2D eigenvalue weighted by molar-refractivity contribution is 0.303. The Hall–Kier alpha value is -1.99. The van der Waals surface area contributed by atoms with Crippen molar-refractivity contribution in [2.75, 3.05) is 13.1 Å². The number of aryl methyl sites for hydroxylation is 1. The van der Waals surface area contributed by atoms with Crippen LogP contribution < -0.4 is 0 Å². The van der Waals surface area contributed by atoms with E-state index in [-0.39, 0.29) is 5.92 Å². The monoisotopic (exact) mass is 347 g/mol. The van der Waals surface area contributed by atoms with Gasteiger partial charge in [0.25, 0.3) is 0 Å². The van der Waals surface area contributed by atoms with E-state index in [1.165, 1.54) is 9.71 Å². The maximum absolute atomic E-state index is 12.6. The molecule has 1 saturated heterocycles. The summed E-state index contributed by atoms with van der Waals surface area (Å²) in [5.41, 5.74) is 0.861. The second-order valence-electron chi connectivity index (χ2n) is 5.86. The van der Waals surface area contributed by atoms with Gasteiger partial charge in [-0.2, -0.15) is 9.29 Å². The van der Waals surface area contributed by atoms with Gasteiger partial charge in [-0.05, 0) is 24.5 Å². The average Bonchev–Trinajstić information content (AvgIpc) is 3.10. The largest absolute Gasteiger partial charge is 0.339 e. The first-order valence-corrected chi connectivity index (χ1v) is 9.64. The summed E-state index contributed by atoms with van der Waals surface area (Å²) < 4.78 is 31.8. The lowest BCUT2D eigenvalue weighted by atomic mass is 9.99. The number of nitrogens with zero attached hydrogens (tertiary/aromatic N) is 3. The summed E-state index contributed by atoms with van der Waals surface area (Å²) in [6.07, 6.45) is 3.97. The Labute approximate surface area is 142 Å². The van der Waals surface area contributed by atoms with E-state index in [1.54, 1.807) is 6.08 Å². The zero-order chi connectivity index (χ0) is 17.0. The van der Waals surface area contributed by atoms with E-state index in [4.69, 9.17) is 4.52 Å². The number of piperidine rings is 1. The van der Waals surface area contributed by atoms with Crippen molar-refractivity contribution in [1.29, 1.82) is 0 Å². The van der Waals surface area contributed by atoms with Crippen molar-refractivity contribution in [1.82, 2.24) is 14.4 Å². The fourth-order valence-corrected chi connectivity index (χ4v) is 4.05. The molecule has 1 fully saturated rings.